The van der Waals surface area contributed by atoms with Crippen LogP contribution in [0.25, 0.3) is 10.1 Å². The Bertz CT molecular complexity index is 587. The number of piperidine rings is 1. The fraction of sp³-hybridized carbons (Fsp3) is 0.471. The van der Waals surface area contributed by atoms with Crippen molar-refractivity contribution in [1.29, 1.82) is 0 Å². The molecule has 0 aliphatic carbocycles. The first-order chi connectivity index (χ1) is 10.3. The van der Waals surface area contributed by atoms with E-state index in [2.05, 4.69) is 24.4 Å². The first-order valence-corrected chi connectivity index (χ1v) is 8.58. The van der Waals surface area contributed by atoms with Gasteiger partial charge in [-0.1, -0.05) is 25.1 Å². The van der Waals surface area contributed by atoms with Gasteiger partial charge in [-0.3, -0.25) is 4.79 Å². The summed E-state index contributed by atoms with van der Waals surface area (Å²) in [6, 6.07) is 10.2. The third-order valence-electron chi connectivity index (χ3n) is 4.22. The summed E-state index contributed by atoms with van der Waals surface area (Å²) in [6.07, 6.45) is 2.23. The summed E-state index contributed by atoms with van der Waals surface area (Å²) < 4.78 is 1.20. The van der Waals surface area contributed by atoms with Crippen LogP contribution in [0, 0.1) is 5.92 Å². The molecule has 3 rings (SSSR count). The van der Waals surface area contributed by atoms with Crippen molar-refractivity contribution in [2.75, 3.05) is 26.2 Å². The highest BCUT2D eigenvalue weighted by molar-refractivity contribution is 7.20. The lowest BCUT2D eigenvalue weighted by molar-refractivity contribution is 0.0695. The minimum Gasteiger partial charge on any atom is -0.338 e. The van der Waals surface area contributed by atoms with Gasteiger partial charge in [-0.25, -0.2) is 0 Å². The van der Waals surface area contributed by atoms with Crippen LogP contribution in [0.4, 0.5) is 0 Å². The number of thiophene rings is 1. The van der Waals surface area contributed by atoms with E-state index in [1.54, 1.807) is 11.3 Å². The second kappa shape index (κ2) is 7.95. The molecule has 120 valence electrons. The standard InChI is InChI=1S/C17H22N2OS.ClH/c1-2-18-12-13-7-9-19(10-8-13)17(20)16-11-14-5-3-4-6-15(14)21-16;/h3-6,11,13,18H,2,7-10,12H2,1H3;1H. The molecule has 22 heavy (non-hydrogen) atoms. The maximum absolute atomic E-state index is 12.6. The second-order valence-electron chi connectivity index (χ2n) is 5.69. The van der Waals surface area contributed by atoms with E-state index >= 15 is 0 Å². The van der Waals surface area contributed by atoms with E-state index in [4.69, 9.17) is 0 Å². The van der Waals surface area contributed by atoms with Crippen LogP contribution in [0.3, 0.4) is 0 Å². The molecule has 3 nitrogen and oxygen atoms in total. The third kappa shape index (κ3) is 3.80. The van der Waals surface area contributed by atoms with Crippen LogP contribution in [-0.4, -0.2) is 37.0 Å². The molecule has 0 unspecified atom stereocenters. The summed E-state index contributed by atoms with van der Waals surface area (Å²) >= 11 is 1.61. The highest BCUT2D eigenvalue weighted by Crippen LogP contribution is 2.27. The Labute approximate surface area is 142 Å². The van der Waals surface area contributed by atoms with E-state index in [0.717, 1.165) is 49.8 Å². The molecular formula is C17H23ClN2OS. The number of fused-ring (bicyclic) bond motifs is 1. The molecule has 5 heteroatoms. The van der Waals surface area contributed by atoms with Gasteiger partial charge in [0.1, 0.15) is 0 Å². The van der Waals surface area contributed by atoms with E-state index in [9.17, 15) is 4.79 Å². The van der Waals surface area contributed by atoms with Crippen molar-refractivity contribution in [1.82, 2.24) is 10.2 Å². The number of hydrogen-bond donors (Lipinski definition) is 1. The number of nitrogens with zero attached hydrogens (tertiary/aromatic N) is 1. The highest BCUT2D eigenvalue weighted by atomic mass is 35.5. The van der Waals surface area contributed by atoms with Gasteiger partial charge in [-0.05, 0) is 49.4 Å². The molecule has 1 saturated heterocycles. The maximum Gasteiger partial charge on any atom is 0.263 e. The molecule has 1 amide bonds. The lowest BCUT2D eigenvalue weighted by Gasteiger charge is -2.31. The fourth-order valence-electron chi connectivity index (χ4n) is 2.93. The largest absolute Gasteiger partial charge is 0.338 e. The number of benzene rings is 1. The Morgan fingerprint density at radius 3 is 2.73 bits per heavy atom. The molecule has 0 radical (unpaired) electrons. The monoisotopic (exact) mass is 338 g/mol. The average molecular weight is 339 g/mol. The van der Waals surface area contributed by atoms with Crippen LogP contribution in [-0.2, 0) is 0 Å². The molecule has 2 aromatic rings. The van der Waals surface area contributed by atoms with Crippen LogP contribution in [0.2, 0.25) is 0 Å². The molecule has 1 aliphatic rings. The minimum absolute atomic E-state index is 0. The van der Waals surface area contributed by atoms with Gasteiger partial charge in [0.25, 0.3) is 5.91 Å². The molecule has 1 N–H and O–H groups in total. The van der Waals surface area contributed by atoms with Gasteiger partial charge >= 0.3 is 0 Å². The van der Waals surface area contributed by atoms with E-state index in [1.165, 1.54) is 10.1 Å². The molecule has 2 heterocycles. The predicted molar refractivity (Wildman–Crippen MR) is 96.2 cm³/mol. The zero-order valence-electron chi connectivity index (χ0n) is 12.9. The third-order valence-corrected chi connectivity index (χ3v) is 5.33. The summed E-state index contributed by atoms with van der Waals surface area (Å²) in [7, 11) is 0. The van der Waals surface area contributed by atoms with Crippen molar-refractivity contribution in [3.8, 4) is 0 Å². The number of nitrogens with one attached hydrogen (secondary N) is 1. The summed E-state index contributed by atoms with van der Waals surface area (Å²) in [6.45, 7) is 6.04. The normalized spacial score (nSPS) is 15.8. The number of amides is 1. The zero-order chi connectivity index (χ0) is 14.7. The molecule has 0 atom stereocenters. The van der Waals surface area contributed by atoms with E-state index < -0.39 is 0 Å². The van der Waals surface area contributed by atoms with Gasteiger partial charge in [-0.15, -0.1) is 23.7 Å². The van der Waals surface area contributed by atoms with E-state index in [0.29, 0.717) is 0 Å². The molecule has 0 spiro atoms. The molecular weight excluding hydrogens is 316 g/mol. The van der Waals surface area contributed by atoms with Crippen molar-refractivity contribution < 1.29 is 4.79 Å². The number of halogens is 1. The molecule has 1 aromatic carbocycles. The number of carbonyl (C=O) groups excluding carboxylic acids is 1. The fourth-order valence-corrected chi connectivity index (χ4v) is 3.96. The Balaban J connectivity index is 0.00000176. The minimum atomic E-state index is 0. The van der Waals surface area contributed by atoms with Crippen molar-refractivity contribution in [3.05, 3.63) is 35.2 Å². The Morgan fingerprint density at radius 2 is 2.05 bits per heavy atom. The van der Waals surface area contributed by atoms with Gasteiger partial charge in [0.05, 0.1) is 4.88 Å². The van der Waals surface area contributed by atoms with Gasteiger partial charge in [-0.2, -0.15) is 0 Å². The Kier molecular flexibility index (Phi) is 6.24. The van der Waals surface area contributed by atoms with E-state index in [-0.39, 0.29) is 18.3 Å². The van der Waals surface area contributed by atoms with Gasteiger partial charge in [0.2, 0.25) is 0 Å². The van der Waals surface area contributed by atoms with Crippen LogP contribution in [0.1, 0.15) is 29.4 Å². The zero-order valence-corrected chi connectivity index (χ0v) is 14.5. The quantitative estimate of drug-likeness (QED) is 0.920. The second-order valence-corrected chi connectivity index (χ2v) is 6.78. The predicted octanol–water partition coefficient (Wildman–Crippen LogP) is 3.78. The van der Waals surface area contributed by atoms with Crippen molar-refractivity contribution in [2.24, 2.45) is 5.92 Å². The first kappa shape index (κ1) is 17.3. The Morgan fingerprint density at radius 1 is 1.32 bits per heavy atom. The van der Waals surface area contributed by atoms with Gasteiger partial charge < -0.3 is 10.2 Å². The smallest absolute Gasteiger partial charge is 0.263 e. The summed E-state index contributed by atoms with van der Waals surface area (Å²) in [5.74, 6) is 0.925. The number of rotatable bonds is 4. The number of carbonyl (C=O) groups is 1. The maximum atomic E-state index is 12.6. The highest BCUT2D eigenvalue weighted by Gasteiger charge is 2.24. The summed E-state index contributed by atoms with van der Waals surface area (Å²) in [5, 5.41) is 4.58. The van der Waals surface area contributed by atoms with Crippen LogP contribution < -0.4 is 5.32 Å². The molecule has 1 aliphatic heterocycles. The topological polar surface area (TPSA) is 32.3 Å². The summed E-state index contributed by atoms with van der Waals surface area (Å²) in [4.78, 5) is 15.5. The van der Waals surface area contributed by atoms with Gasteiger partial charge in [0, 0.05) is 17.8 Å². The van der Waals surface area contributed by atoms with Gasteiger partial charge in [0.15, 0.2) is 0 Å². The SMILES string of the molecule is CCNCC1CCN(C(=O)c2cc3ccccc3s2)CC1.Cl. The number of likely N-dealkylation sites (tertiary alicyclic amines) is 1. The van der Waals surface area contributed by atoms with Crippen molar-refractivity contribution in [3.63, 3.8) is 0 Å². The number of hydrogen-bond acceptors (Lipinski definition) is 3. The lowest BCUT2D eigenvalue weighted by Crippen LogP contribution is -2.40. The summed E-state index contributed by atoms with van der Waals surface area (Å²) in [5.41, 5.74) is 0. The van der Waals surface area contributed by atoms with Crippen molar-refractivity contribution in [2.45, 2.75) is 19.8 Å². The molecule has 0 bridgehead atoms. The van der Waals surface area contributed by atoms with E-state index in [1.807, 2.05) is 23.1 Å². The first-order valence-electron chi connectivity index (χ1n) is 7.76. The average Bonchev–Trinajstić information content (AvgIpc) is 2.96. The Hall–Kier alpha value is -1.10. The van der Waals surface area contributed by atoms with Crippen LogP contribution in [0.5, 0.6) is 0 Å². The van der Waals surface area contributed by atoms with Crippen molar-refractivity contribution >= 4 is 39.7 Å². The molecule has 1 fully saturated rings. The molecule has 0 saturated carbocycles. The van der Waals surface area contributed by atoms with Crippen LogP contribution in [0.15, 0.2) is 30.3 Å². The lowest BCUT2D eigenvalue weighted by atomic mass is 9.96. The van der Waals surface area contributed by atoms with Crippen LogP contribution >= 0.6 is 23.7 Å². The molecule has 1 aromatic heterocycles.